The van der Waals surface area contributed by atoms with Gasteiger partial charge in [-0.25, -0.2) is 14.0 Å². The SMILES string of the molecule is CCCN(CCC)P(=NC)(N(CCC)CCC)N(CCC)CCC. The van der Waals surface area contributed by atoms with E-state index in [1.54, 1.807) is 0 Å². The van der Waals surface area contributed by atoms with Crippen LogP contribution in [-0.2, 0) is 0 Å². The Morgan fingerprint density at radius 1 is 0.500 bits per heavy atom. The van der Waals surface area contributed by atoms with E-state index in [4.69, 9.17) is 4.74 Å². The van der Waals surface area contributed by atoms with Gasteiger partial charge in [0.05, 0.1) is 0 Å². The van der Waals surface area contributed by atoms with E-state index in [0.717, 1.165) is 39.3 Å². The number of nitrogens with zero attached hydrogens (tertiary/aromatic N) is 4. The van der Waals surface area contributed by atoms with E-state index in [1.165, 1.54) is 38.5 Å². The summed E-state index contributed by atoms with van der Waals surface area (Å²) < 4.78 is 13.5. The van der Waals surface area contributed by atoms with Crippen molar-refractivity contribution in [2.24, 2.45) is 4.74 Å². The summed E-state index contributed by atoms with van der Waals surface area (Å²) in [5.74, 6) is 0. The van der Waals surface area contributed by atoms with Crippen LogP contribution in [0.5, 0.6) is 0 Å². The van der Waals surface area contributed by atoms with Crippen LogP contribution in [0.25, 0.3) is 0 Å². The molecule has 0 atom stereocenters. The number of hydrogen-bond acceptors (Lipinski definition) is 1. The quantitative estimate of drug-likeness (QED) is 0.338. The van der Waals surface area contributed by atoms with Gasteiger partial charge in [-0.3, -0.25) is 4.74 Å². The zero-order valence-electron chi connectivity index (χ0n) is 17.7. The molecule has 0 unspecified atom stereocenters. The molecule has 0 bridgehead atoms. The Morgan fingerprint density at radius 2 is 0.708 bits per heavy atom. The van der Waals surface area contributed by atoms with Gasteiger partial charge in [-0.15, -0.1) is 0 Å². The maximum absolute atomic E-state index is 5.22. The van der Waals surface area contributed by atoms with Crippen LogP contribution in [0.4, 0.5) is 0 Å². The van der Waals surface area contributed by atoms with Crippen molar-refractivity contribution in [1.82, 2.24) is 14.0 Å². The predicted octanol–water partition coefficient (Wildman–Crippen LogP) is 5.93. The average molecular weight is 361 g/mol. The van der Waals surface area contributed by atoms with Gasteiger partial charge < -0.3 is 0 Å². The molecule has 24 heavy (non-hydrogen) atoms. The van der Waals surface area contributed by atoms with Crippen LogP contribution in [0.15, 0.2) is 4.74 Å². The Hall–Kier alpha value is 0.110. The molecule has 0 aromatic rings. The van der Waals surface area contributed by atoms with Gasteiger partial charge in [-0.2, -0.15) is 0 Å². The molecule has 0 aliphatic heterocycles. The molecule has 0 aliphatic rings. The molecule has 4 nitrogen and oxygen atoms in total. The standard InChI is InChI=1S/C19H45N4P/c1-8-14-21(15-9-2)24(20-7,22(16-10-3)17-11-4)23(18-12-5)19-13-6/h8-19H2,1-7H3. The monoisotopic (exact) mass is 360 g/mol. The molecule has 0 aromatic heterocycles. The van der Waals surface area contributed by atoms with Crippen molar-refractivity contribution in [2.45, 2.75) is 80.1 Å². The van der Waals surface area contributed by atoms with E-state index in [1.807, 2.05) is 0 Å². The highest BCUT2D eigenvalue weighted by atomic mass is 31.2. The van der Waals surface area contributed by atoms with Crippen molar-refractivity contribution < 1.29 is 0 Å². The molecule has 0 amide bonds. The molecule has 0 heterocycles. The third-order valence-electron chi connectivity index (χ3n) is 4.30. The minimum absolute atomic E-state index is 1.16. The van der Waals surface area contributed by atoms with Crippen LogP contribution in [-0.4, -0.2) is 60.3 Å². The Bertz CT molecular complexity index is 281. The van der Waals surface area contributed by atoms with Gasteiger partial charge in [0.2, 0.25) is 0 Å². The fraction of sp³-hybridized carbons (Fsp3) is 1.00. The second-order valence-corrected chi connectivity index (χ2v) is 9.77. The molecule has 0 aromatic carbocycles. The predicted molar refractivity (Wildman–Crippen MR) is 112 cm³/mol. The zero-order valence-corrected chi connectivity index (χ0v) is 18.6. The smallest absolute Gasteiger partial charge is 0.167 e. The van der Waals surface area contributed by atoms with Crippen molar-refractivity contribution in [3.8, 4) is 0 Å². The molecule has 146 valence electrons. The summed E-state index contributed by atoms with van der Waals surface area (Å²) >= 11 is 0. The summed E-state index contributed by atoms with van der Waals surface area (Å²) in [6.45, 7) is 20.8. The summed E-state index contributed by atoms with van der Waals surface area (Å²) in [6, 6.07) is 0. The van der Waals surface area contributed by atoms with E-state index >= 15 is 0 Å². The van der Waals surface area contributed by atoms with Crippen molar-refractivity contribution in [3.05, 3.63) is 0 Å². The summed E-state index contributed by atoms with van der Waals surface area (Å²) in [6.07, 6.45) is 7.22. The lowest BCUT2D eigenvalue weighted by atomic mass is 10.4. The normalized spacial score (nSPS) is 12.6. The minimum atomic E-state index is -1.78. The van der Waals surface area contributed by atoms with Gasteiger partial charge in [-0.1, -0.05) is 41.5 Å². The highest BCUT2D eigenvalue weighted by molar-refractivity contribution is 7.59. The van der Waals surface area contributed by atoms with E-state index in [9.17, 15) is 0 Å². The zero-order chi connectivity index (χ0) is 18.4. The molecular formula is C19H45N4P. The second-order valence-electron chi connectivity index (χ2n) is 6.60. The highest BCUT2D eigenvalue weighted by Gasteiger charge is 2.37. The second kappa shape index (κ2) is 14.3. The van der Waals surface area contributed by atoms with Crippen molar-refractivity contribution in [2.75, 3.05) is 46.3 Å². The third-order valence-corrected chi connectivity index (χ3v) is 8.31. The van der Waals surface area contributed by atoms with Crippen LogP contribution >= 0.6 is 7.51 Å². The first-order valence-electron chi connectivity index (χ1n) is 10.4. The molecule has 0 N–H and O–H groups in total. The number of rotatable bonds is 15. The first kappa shape index (κ1) is 24.1. The van der Waals surface area contributed by atoms with Crippen LogP contribution in [0.3, 0.4) is 0 Å². The first-order valence-corrected chi connectivity index (χ1v) is 12.0. The molecule has 0 fully saturated rings. The molecule has 0 saturated heterocycles. The fourth-order valence-electron chi connectivity index (χ4n) is 3.61. The van der Waals surface area contributed by atoms with E-state index in [0.29, 0.717) is 0 Å². The van der Waals surface area contributed by atoms with Crippen LogP contribution < -0.4 is 0 Å². The molecule has 5 heteroatoms. The van der Waals surface area contributed by atoms with Crippen LogP contribution in [0.2, 0.25) is 0 Å². The van der Waals surface area contributed by atoms with E-state index in [-0.39, 0.29) is 0 Å². The average Bonchev–Trinajstić information content (AvgIpc) is 2.57. The maximum atomic E-state index is 5.22. The Morgan fingerprint density at radius 3 is 0.833 bits per heavy atom. The summed E-state index contributed by atoms with van der Waals surface area (Å²) in [4.78, 5) is 0. The molecule has 0 radical (unpaired) electrons. The lowest BCUT2D eigenvalue weighted by Crippen LogP contribution is -2.43. The minimum Gasteiger partial charge on any atom is -0.264 e. The highest BCUT2D eigenvalue weighted by Crippen LogP contribution is 2.59. The molecule has 0 saturated carbocycles. The van der Waals surface area contributed by atoms with Crippen LogP contribution in [0, 0.1) is 0 Å². The Labute approximate surface area is 153 Å². The van der Waals surface area contributed by atoms with Crippen molar-refractivity contribution in [1.29, 1.82) is 0 Å². The summed E-state index contributed by atoms with van der Waals surface area (Å²) in [5, 5.41) is 0. The van der Waals surface area contributed by atoms with Gasteiger partial charge in [0, 0.05) is 46.3 Å². The van der Waals surface area contributed by atoms with E-state index in [2.05, 4.69) is 62.6 Å². The van der Waals surface area contributed by atoms with Gasteiger partial charge >= 0.3 is 0 Å². The van der Waals surface area contributed by atoms with Gasteiger partial charge in [0.25, 0.3) is 0 Å². The van der Waals surface area contributed by atoms with Crippen LogP contribution in [0.1, 0.15) is 80.1 Å². The molecule has 0 rings (SSSR count). The summed E-state index contributed by atoms with van der Waals surface area (Å²) in [7, 11) is 0.304. The van der Waals surface area contributed by atoms with Crippen molar-refractivity contribution in [3.63, 3.8) is 0 Å². The largest absolute Gasteiger partial charge is 0.264 e. The molecule has 0 spiro atoms. The third kappa shape index (κ3) is 6.44. The Balaban J connectivity index is 6.12. The molecule has 0 aliphatic carbocycles. The maximum Gasteiger partial charge on any atom is 0.167 e. The topological polar surface area (TPSA) is 22.1 Å². The lowest BCUT2D eigenvalue weighted by Gasteiger charge is -2.49. The summed E-state index contributed by atoms with van der Waals surface area (Å²) in [5.41, 5.74) is 0. The molecular weight excluding hydrogens is 315 g/mol. The lowest BCUT2D eigenvalue weighted by molar-refractivity contribution is 0.302. The van der Waals surface area contributed by atoms with Gasteiger partial charge in [0.1, 0.15) is 0 Å². The van der Waals surface area contributed by atoms with Gasteiger partial charge in [0.15, 0.2) is 7.51 Å². The number of hydrogen-bond donors (Lipinski definition) is 0. The van der Waals surface area contributed by atoms with E-state index < -0.39 is 7.51 Å². The first-order chi connectivity index (χ1) is 11.6. The van der Waals surface area contributed by atoms with Crippen molar-refractivity contribution >= 4 is 7.51 Å². The Kier molecular flexibility index (Phi) is 14.4. The van der Waals surface area contributed by atoms with Gasteiger partial charge in [-0.05, 0) is 38.5 Å². The fourth-order valence-corrected chi connectivity index (χ4v) is 8.25.